The van der Waals surface area contributed by atoms with Gasteiger partial charge in [0.2, 0.25) is 35.0 Å². The fourth-order valence-corrected chi connectivity index (χ4v) is 5.71. The van der Waals surface area contributed by atoms with Gasteiger partial charge in [0.15, 0.2) is 68.9 Å². The maximum absolute atomic E-state index is 14.4. The van der Waals surface area contributed by atoms with Crippen LogP contribution >= 0.6 is 0 Å². The van der Waals surface area contributed by atoms with Crippen LogP contribution in [-0.2, 0) is 0 Å². The predicted molar refractivity (Wildman–Crippen MR) is 207 cm³/mol. The highest BCUT2D eigenvalue weighted by Crippen LogP contribution is 2.37. The van der Waals surface area contributed by atoms with Crippen molar-refractivity contribution in [1.82, 2.24) is 29.2 Å². The molecular weight excluding hydrogens is 830 g/mol. The van der Waals surface area contributed by atoms with Gasteiger partial charge in [-0.15, -0.1) is 10.2 Å². The van der Waals surface area contributed by atoms with Crippen LogP contribution in [0.3, 0.4) is 0 Å². The Labute approximate surface area is 347 Å². The molecule has 0 aliphatic carbocycles. The molecule has 320 valence electrons. The molecule has 8 rings (SSSR count). The molecule has 0 radical (unpaired) electrons. The average Bonchev–Trinajstić information content (AvgIpc) is 3.83. The Kier molecular flexibility index (Phi) is 12.1. The van der Waals surface area contributed by atoms with Gasteiger partial charge in [-0.3, -0.25) is 0 Å². The number of ether oxygens (including phenoxy) is 8. The van der Waals surface area contributed by atoms with Gasteiger partial charge in [-0.1, -0.05) is 0 Å². The lowest BCUT2D eigenvalue weighted by Gasteiger charge is -2.13. The van der Waals surface area contributed by atoms with Crippen molar-refractivity contribution in [3.05, 3.63) is 131 Å². The molecule has 8 aromatic rings. The van der Waals surface area contributed by atoms with Crippen LogP contribution in [0.5, 0.6) is 69.3 Å². The summed E-state index contributed by atoms with van der Waals surface area (Å²) < 4.78 is 129. The molecule has 14 nitrogen and oxygen atoms in total. The summed E-state index contributed by atoms with van der Waals surface area (Å²) in [5.74, 6) is -6.91. The van der Waals surface area contributed by atoms with Crippen LogP contribution in [0, 0.1) is 48.8 Å². The van der Waals surface area contributed by atoms with E-state index in [4.69, 9.17) is 37.9 Å². The van der Waals surface area contributed by atoms with E-state index in [2.05, 4.69) is 20.2 Å². The molecule has 0 fully saturated rings. The molecule has 0 spiro atoms. The number of benzene rings is 4. The molecule has 0 N–H and O–H groups in total. The van der Waals surface area contributed by atoms with Crippen molar-refractivity contribution in [3.8, 4) is 69.3 Å². The van der Waals surface area contributed by atoms with E-state index >= 15 is 0 Å². The average molecular weight is 863 g/mol. The monoisotopic (exact) mass is 862 g/mol. The summed E-state index contributed by atoms with van der Waals surface area (Å²) in [7, 11) is 5.15. The van der Waals surface area contributed by atoms with Gasteiger partial charge in [0.05, 0.1) is 52.2 Å². The van der Waals surface area contributed by atoms with E-state index in [0.29, 0.717) is 11.3 Å². The van der Waals surface area contributed by atoms with Gasteiger partial charge in [0.25, 0.3) is 0 Å². The SMILES string of the molecule is COc1ccc(Oc2cc(Oc3ccc(OC)c(F)c3)c3ncc(C)n3n2)cc1F.COc1ccc(Oc2cc(Oc3ccc(OC)c(F)c3F)c3ncc(C)n3n2)c(F)c1F. The zero-order chi connectivity index (χ0) is 44.2. The van der Waals surface area contributed by atoms with E-state index < -0.39 is 46.4 Å². The van der Waals surface area contributed by atoms with Gasteiger partial charge in [-0.05, 0) is 62.4 Å². The second-order valence-corrected chi connectivity index (χ2v) is 12.8. The van der Waals surface area contributed by atoms with Gasteiger partial charge >= 0.3 is 0 Å². The molecular formula is C42H32F6N6O8. The van der Waals surface area contributed by atoms with Crippen LogP contribution in [0.25, 0.3) is 11.3 Å². The normalized spacial score (nSPS) is 10.9. The number of hydrogen-bond acceptors (Lipinski definition) is 12. The van der Waals surface area contributed by atoms with Gasteiger partial charge in [0, 0.05) is 24.3 Å². The number of halogens is 6. The number of imidazole rings is 2. The summed E-state index contributed by atoms with van der Waals surface area (Å²) in [6, 6.07) is 15.8. The zero-order valence-electron chi connectivity index (χ0n) is 33.3. The summed E-state index contributed by atoms with van der Waals surface area (Å²) in [5.41, 5.74) is 1.84. The molecule has 0 atom stereocenters. The first-order valence-electron chi connectivity index (χ1n) is 18.0. The quantitative estimate of drug-likeness (QED) is 0.108. The van der Waals surface area contributed by atoms with Crippen molar-refractivity contribution in [2.75, 3.05) is 28.4 Å². The van der Waals surface area contributed by atoms with E-state index in [0.717, 1.165) is 11.8 Å². The third-order valence-corrected chi connectivity index (χ3v) is 8.76. The Bertz CT molecular complexity index is 2950. The summed E-state index contributed by atoms with van der Waals surface area (Å²) in [6.07, 6.45) is 3.07. The topological polar surface area (TPSA) is 134 Å². The van der Waals surface area contributed by atoms with E-state index in [-0.39, 0.29) is 63.4 Å². The number of fused-ring (bicyclic) bond motifs is 2. The van der Waals surface area contributed by atoms with Crippen molar-refractivity contribution in [3.63, 3.8) is 0 Å². The van der Waals surface area contributed by atoms with Gasteiger partial charge in [-0.2, -0.15) is 17.6 Å². The number of hydrogen-bond donors (Lipinski definition) is 0. The van der Waals surface area contributed by atoms with E-state index in [9.17, 15) is 26.3 Å². The third kappa shape index (κ3) is 8.56. The van der Waals surface area contributed by atoms with Crippen LogP contribution in [-0.4, -0.2) is 57.6 Å². The fourth-order valence-electron chi connectivity index (χ4n) is 5.71. The van der Waals surface area contributed by atoms with Gasteiger partial charge < -0.3 is 37.9 Å². The van der Waals surface area contributed by atoms with Crippen molar-refractivity contribution >= 4 is 11.3 Å². The molecule has 62 heavy (non-hydrogen) atoms. The van der Waals surface area contributed by atoms with Crippen LogP contribution in [0.2, 0.25) is 0 Å². The van der Waals surface area contributed by atoms with E-state index in [1.807, 2.05) is 0 Å². The highest BCUT2D eigenvalue weighted by atomic mass is 19.2. The Morgan fingerprint density at radius 1 is 0.403 bits per heavy atom. The molecule has 4 aromatic carbocycles. The Balaban J connectivity index is 0.000000187. The Morgan fingerprint density at radius 3 is 1.23 bits per heavy atom. The first-order chi connectivity index (χ1) is 29.8. The first kappa shape index (κ1) is 42.2. The van der Waals surface area contributed by atoms with E-state index in [1.165, 1.54) is 98.3 Å². The van der Waals surface area contributed by atoms with Crippen LogP contribution in [0.15, 0.2) is 85.2 Å². The lowest BCUT2D eigenvalue weighted by molar-refractivity contribution is 0.351. The fraction of sp³-hybridized carbons (Fsp3) is 0.143. The zero-order valence-corrected chi connectivity index (χ0v) is 33.3. The molecule has 20 heteroatoms. The van der Waals surface area contributed by atoms with Crippen molar-refractivity contribution in [2.24, 2.45) is 0 Å². The minimum Gasteiger partial charge on any atom is -0.494 e. The van der Waals surface area contributed by atoms with Crippen LogP contribution < -0.4 is 37.9 Å². The molecule has 0 aliphatic rings. The predicted octanol–water partition coefficient (Wildman–Crippen LogP) is 10.1. The summed E-state index contributed by atoms with van der Waals surface area (Å²) in [4.78, 5) is 8.41. The number of methoxy groups -OCH3 is 4. The third-order valence-electron chi connectivity index (χ3n) is 8.76. The molecule has 4 aromatic heterocycles. The molecule has 0 bridgehead atoms. The van der Waals surface area contributed by atoms with Crippen molar-refractivity contribution in [1.29, 1.82) is 0 Å². The molecule has 0 saturated carbocycles. The number of aromatic nitrogens is 6. The minimum atomic E-state index is -1.29. The largest absolute Gasteiger partial charge is 0.494 e. The minimum absolute atomic E-state index is 0.0686. The Hall–Kier alpha value is -7.90. The maximum Gasteiger partial charge on any atom is 0.241 e. The maximum atomic E-state index is 14.4. The molecule has 0 amide bonds. The lowest BCUT2D eigenvalue weighted by Crippen LogP contribution is -2.02. The number of nitrogens with zero attached hydrogens (tertiary/aromatic N) is 6. The van der Waals surface area contributed by atoms with Crippen molar-refractivity contribution < 1.29 is 64.2 Å². The second-order valence-electron chi connectivity index (χ2n) is 12.8. The highest BCUT2D eigenvalue weighted by molar-refractivity contribution is 5.58. The summed E-state index contributed by atoms with van der Waals surface area (Å²) >= 11 is 0. The van der Waals surface area contributed by atoms with Gasteiger partial charge in [0.1, 0.15) is 11.5 Å². The molecule has 4 heterocycles. The van der Waals surface area contributed by atoms with Crippen LogP contribution in [0.4, 0.5) is 26.3 Å². The van der Waals surface area contributed by atoms with Crippen LogP contribution in [0.1, 0.15) is 11.4 Å². The standard InChI is InChI=1S/C21H15F4N3O4.C21H17F2N3O4/c1-10-9-26-21-15(31-13-6-4-11(29-2)17(22)19(13)24)8-16(27-28(10)21)32-14-7-5-12(30-3)18(23)20(14)25;1-12-11-24-21-19(29-13-4-6-17(27-2)15(22)8-13)10-20(25-26(12)21)30-14-5-7-18(28-3)16(23)9-14/h4-9H,1-3H3;4-11H,1-3H3. The summed E-state index contributed by atoms with van der Waals surface area (Å²) in [5, 5.41) is 8.51. The second kappa shape index (κ2) is 17.8. The molecule has 0 unspecified atom stereocenters. The van der Waals surface area contributed by atoms with Crippen molar-refractivity contribution in [2.45, 2.75) is 13.8 Å². The lowest BCUT2D eigenvalue weighted by atomic mass is 10.3. The number of rotatable bonds is 12. The number of aryl methyl sites for hydroxylation is 2. The smallest absolute Gasteiger partial charge is 0.241 e. The summed E-state index contributed by atoms with van der Waals surface area (Å²) in [6.45, 7) is 3.47. The van der Waals surface area contributed by atoms with Gasteiger partial charge in [-0.25, -0.2) is 27.8 Å². The molecule has 0 aliphatic heterocycles. The molecule has 0 saturated heterocycles. The Morgan fingerprint density at radius 2 is 0.774 bits per heavy atom. The first-order valence-corrected chi connectivity index (χ1v) is 18.0. The highest BCUT2D eigenvalue weighted by Gasteiger charge is 2.22. The van der Waals surface area contributed by atoms with E-state index in [1.54, 1.807) is 32.2 Å².